The molecule has 21 heavy (non-hydrogen) atoms. The molecule has 1 aromatic rings. The van der Waals surface area contributed by atoms with Gasteiger partial charge in [0, 0.05) is 19.7 Å². The van der Waals surface area contributed by atoms with Gasteiger partial charge in [0.1, 0.15) is 5.75 Å². The first kappa shape index (κ1) is 17.3. The van der Waals surface area contributed by atoms with Crippen LogP contribution in [0, 0.1) is 6.92 Å². The summed E-state index contributed by atoms with van der Waals surface area (Å²) in [5, 5.41) is 14.2. The monoisotopic (exact) mass is 294 g/mol. The maximum atomic E-state index is 11.4. The SMILES string of the molecule is Cc1ccc(OCCCNC(=O)NCCCCCO)cc1. The molecule has 0 aromatic heterocycles. The van der Waals surface area contributed by atoms with Crippen LogP contribution in [0.5, 0.6) is 5.75 Å². The summed E-state index contributed by atoms with van der Waals surface area (Å²) >= 11 is 0. The molecule has 0 radical (unpaired) electrons. The standard InChI is InChI=1S/C16H26N2O3/c1-14-6-8-15(9-7-14)21-13-5-11-18-16(20)17-10-3-2-4-12-19/h6-9,19H,2-5,10-13H2,1H3,(H2,17,18,20). The van der Waals surface area contributed by atoms with E-state index in [-0.39, 0.29) is 12.6 Å². The molecule has 0 aliphatic carbocycles. The minimum Gasteiger partial charge on any atom is -0.494 e. The summed E-state index contributed by atoms with van der Waals surface area (Å²) in [5.41, 5.74) is 1.21. The Morgan fingerprint density at radius 2 is 1.71 bits per heavy atom. The highest BCUT2D eigenvalue weighted by Gasteiger charge is 1.99. The highest BCUT2D eigenvalue weighted by Crippen LogP contribution is 2.11. The van der Waals surface area contributed by atoms with Crippen LogP contribution in [0.1, 0.15) is 31.2 Å². The van der Waals surface area contributed by atoms with E-state index in [2.05, 4.69) is 10.6 Å². The lowest BCUT2D eigenvalue weighted by Crippen LogP contribution is -2.36. The van der Waals surface area contributed by atoms with Crippen LogP contribution in [0.3, 0.4) is 0 Å². The van der Waals surface area contributed by atoms with Gasteiger partial charge in [0.05, 0.1) is 6.61 Å². The lowest BCUT2D eigenvalue weighted by molar-refractivity contribution is 0.238. The Hall–Kier alpha value is -1.75. The quantitative estimate of drug-likeness (QED) is 0.580. The highest BCUT2D eigenvalue weighted by molar-refractivity contribution is 5.73. The van der Waals surface area contributed by atoms with Gasteiger partial charge in [-0.25, -0.2) is 4.79 Å². The molecule has 1 rings (SSSR count). The van der Waals surface area contributed by atoms with Crippen molar-refractivity contribution in [3.05, 3.63) is 29.8 Å². The summed E-state index contributed by atoms with van der Waals surface area (Å²) in [6.07, 6.45) is 3.39. The Morgan fingerprint density at radius 3 is 2.38 bits per heavy atom. The van der Waals surface area contributed by atoms with Crippen LogP contribution in [0.2, 0.25) is 0 Å². The van der Waals surface area contributed by atoms with Crippen molar-refractivity contribution < 1.29 is 14.6 Å². The molecule has 118 valence electrons. The molecule has 0 bridgehead atoms. The van der Waals surface area contributed by atoms with Crippen LogP contribution in [-0.2, 0) is 0 Å². The first-order chi connectivity index (χ1) is 10.2. The van der Waals surface area contributed by atoms with Crippen LogP contribution in [0.4, 0.5) is 4.79 Å². The fourth-order valence-corrected chi connectivity index (χ4v) is 1.78. The zero-order valence-corrected chi connectivity index (χ0v) is 12.7. The van der Waals surface area contributed by atoms with Gasteiger partial charge in [-0.3, -0.25) is 0 Å². The summed E-state index contributed by atoms with van der Waals surface area (Å²) in [6, 6.07) is 7.77. The number of aliphatic hydroxyl groups is 1. The molecule has 5 nitrogen and oxygen atoms in total. The molecular weight excluding hydrogens is 268 g/mol. The first-order valence-corrected chi connectivity index (χ1v) is 7.54. The summed E-state index contributed by atoms with van der Waals surface area (Å²) in [5.74, 6) is 0.855. The number of benzene rings is 1. The number of amides is 2. The predicted molar refractivity (Wildman–Crippen MR) is 83.6 cm³/mol. The second-order valence-corrected chi connectivity index (χ2v) is 4.98. The fraction of sp³-hybridized carbons (Fsp3) is 0.562. The van der Waals surface area contributed by atoms with Crippen molar-refractivity contribution in [3.63, 3.8) is 0 Å². The third-order valence-electron chi connectivity index (χ3n) is 3.02. The molecule has 0 atom stereocenters. The van der Waals surface area contributed by atoms with Crippen LogP contribution >= 0.6 is 0 Å². The molecule has 0 spiro atoms. The summed E-state index contributed by atoms with van der Waals surface area (Å²) in [6.45, 7) is 4.07. The van der Waals surface area contributed by atoms with Crippen molar-refractivity contribution in [1.29, 1.82) is 0 Å². The number of nitrogens with one attached hydrogen (secondary N) is 2. The van der Waals surface area contributed by atoms with Gasteiger partial charge >= 0.3 is 6.03 Å². The average molecular weight is 294 g/mol. The van der Waals surface area contributed by atoms with Gasteiger partial charge < -0.3 is 20.5 Å². The Bertz CT molecular complexity index is 393. The van der Waals surface area contributed by atoms with E-state index in [0.29, 0.717) is 19.7 Å². The molecule has 1 aromatic carbocycles. The Kier molecular flexibility index (Phi) is 9.04. The smallest absolute Gasteiger partial charge is 0.314 e. The Labute approximate surface area is 126 Å². The highest BCUT2D eigenvalue weighted by atomic mass is 16.5. The van der Waals surface area contributed by atoms with E-state index < -0.39 is 0 Å². The maximum Gasteiger partial charge on any atom is 0.314 e. The van der Waals surface area contributed by atoms with E-state index in [1.807, 2.05) is 31.2 Å². The summed E-state index contributed by atoms with van der Waals surface area (Å²) in [4.78, 5) is 11.4. The van der Waals surface area contributed by atoms with Crippen LogP contribution in [0.15, 0.2) is 24.3 Å². The van der Waals surface area contributed by atoms with Gasteiger partial charge in [-0.1, -0.05) is 17.7 Å². The summed E-state index contributed by atoms with van der Waals surface area (Å²) < 4.78 is 5.57. The van der Waals surface area contributed by atoms with Crippen molar-refractivity contribution in [1.82, 2.24) is 10.6 Å². The van der Waals surface area contributed by atoms with Gasteiger partial charge in [0.15, 0.2) is 0 Å². The van der Waals surface area contributed by atoms with Gasteiger partial charge in [-0.2, -0.15) is 0 Å². The maximum absolute atomic E-state index is 11.4. The van der Waals surface area contributed by atoms with Gasteiger partial charge in [0.25, 0.3) is 0 Å². The molecule has 0 saturated carbocycles. The van der Waals surface area contributed by atoms with E-state index in [9.17, 15) is 4.79 Å². The van der Waals surface area contributed by atoms with Crippen LogP contribution < -0.4 is 15.4 Å². The van der Waals surface area contributed by atoms with Gasteiger partial charge in [-0.15, -0.1) is 0 Å². The van der Waals surface area contributed by atoms with Gasteiger partial charge in [-0.05, 0) is 44.7 Å². The molecule has 0 saturated heterocycles. The number of carbonyl (C=O) groups is 1. The Balaban J connectivity index is 1.96. The van der Waals surface area contributed by atoms with E-state index in [1.165, 1.54) is 5.56 Å². The number of rotatable bonds is 10. The van der Waals surface area contributed by atoms with Crippen molar-refractivity contribution >= 4 is 6.03 Å². The molecule has 0 fully saturated rings. The second-order valence-electron chi connectivity index (χ2n) is 4.98. The lowest BCUT2D eigenvalue weighted by Gasteiger charge is -2.08. The minimum absolute atomic E-state index is 0.144. The zero-order chi connectivity index (χ0) is 15.3. The second kappa shape index (κ2) is 11.0. The molecule has 0 aliphatic heterocycles. The summed E-state index contributed by atoms with van der Waals surface area (Å²) in [7, 11) is 0. The van der Waals surface area contributed by atoms with E-state index in [4.69, 9.17) is 9.84 Å². The largest absolute Gasteiger partial charge is 0.494 e. The zero-order valence-electron chi connectivity index (χ0n) is 12.7. The normalized spacial score (nSPS) is 10.2. The number of aliphatic hydroxyl groups excluding tert-OH is 1. The first-order valence-electron chi connectivity index (χ1n) is 7.54. The van der Waals surface area contributed by atoms with Crippen LogP contribution in [-0.4, -0.2) is 37.4 Å². The van der Waals surface area contributed by atoms with Crippen molar-refractivity contribution in [2.24, 2.45) is 0 Å². The number of carbonyl (C=O) groups excluding carboxylic acids is 1. The average Bonchev–Trinajstić information content (AvgIpc) is 2.48. The molecular formula is C16H26N2O3. The molecule has 0 heterocycles. The molecule has 0 unspecified atom stereocenters. The Morgan fingerprint density at radius 1 is 1.05 bits per heavy atom. The third-order valence-corrected chi connectivity index (χ3v) is 3.02. The van der Waals surface area contributed by atoms with Crippen molar-refractivity contribution in [2.75, 3.05) is 26.3 Å². The number of unbranched alkanes of at least 4 members (excludes halogenated alkanes) is 2. The number of ether oxygens (including phenoxy) is 1. The number of aryl methyl sites for hydroxylation is 1. The molecule has 0 aliphatic rings. The molecule has 5 heteroatoms. The van der Waals surface area contributed by atoms with Crippen LogP contribution in [0.25, 0.3) is 0 Å². The number of urea groups is 1. The van der Waals surface area contributed by atoms with E-state index >= 15 is 0 Å². The van der Waals surface area contributed by atoms with E-state index in [1.54, 1.807) is 0 Å². The molecule has 3 N–H and O–H groups in total. The molecule has 2 amide bonds. The fourth-order valence-electron chi connectivity index (χ4n) is 1.78. The predicted octanol–water partition coefficient (Wildman–Crippen LogP) is 2.23. The van der Waals surface area contributed by atoms with Crippen molar-refractivity contribution in [3.8, 4) is 5.75 Å². The van der Waals surface area contributed by atoms with Gasteiger partial charge in [0.2, 0.25) is 0 Å². The van der Waals surface area contributed by atoms with E-state index in [0.717, 1.165) is 31.4 Å². The minimum atomic E-state index is -0.144. The number of hydrogen-bond donors (Lipinski definition) is 3. The third kappa shape index (κ3) is 8.92. The van der Waals surface area contributed by atoms with Crippen molar-refractivity contribution in [2.45, 2.75) is 32.6 Å². The lowest BCUT2D eigenvalue weighted by atomic mass is 10.2. The number of hydrogen-bond acceptors (Lipinski definition) is 3. The topological polar surface area (TPSA) is 70.6 Å².